The van der Waals surface area contributed by atoms with Gasteiger partial charge in [0.2, 0.25) is 0 Å². The van der Waals surface area contributed by atoms with Crippen LogP contribution in [-0.2, 0) is 0 Å². The standard InChI is InChI=1S/C15H24/c1-6-13(3)9-8-10-15(5)12-11-14(4)7-2/h6-8,10,15H,1,3,9,11-12H2,2,4-5H3. The van der Waals surface area contributed by atoms with Crippen LogP contribution < -0.4 is 0 Å². The Bertz CT molecular complexity index is 253. The first-order valence-corrected chi connectivity index (χ1v) is 5.68. The number of hydrogen-bond donors (Lipinski definition) is 0. The molecule has 0 nitrogen and oxygen atoms in total. The van der Waals surface area contributed by atoms with Crippen molar-refractivity contribution in [3.8, 4) is 0 Å². The summed E-state index contributed by atoms with van der Waals surface area (Å²) in [6.07, 6.45) is 11.8. The summed E-state index contributed by atoms with van der Waals surface area (Å²) >= 11 is 0. The summed E-state index contributed by atoms with van der Waals surface area (Å²) in [5.74, 6) is 0.650. The number of allylic oxidation sites excluding steroid dienone is 6. The summed E-state index contributed by atoms with van der Waals surface area (Å²) in [7, 11) is 0. The molecule has 1 atom stereocenters. The molecule has 84 valence electrons. The molecule has 0 aliphatic rings. The first kappa shape index (κ1) is 14.0. The Kier molecular flexibility index (Phi) is 7.71. The van der Waals surface area contributed by atoms with E-state index in [1.165, 1.54) is 18.4 Å². The second-order valence-electron chi connectivity index (χ2n) is 4.15. The average Bonchev–Trinajstić information content (AvgIpc) is 2.25. The summed E-state index contributed by atoms with van der Waals surface area (Å²) < 4.78 is 0. The first-order chi connectivity index (χ1) is 7.10. The molecule has 0 saturated carbocycles. The lowest BCUT2D eigenvalue weighted by Crippen LogP contribution is -1.90. The molecule has 0 fully saturated rings. The lowest BCUT2D eigenvalue weighted by molar-refractivity contribution is 0.642. The zero-order chi connectivity index (χ0) is 11.7. The SMILES string of the molecule is C=CC(=C)CC=CC(C)CCC(C)=CC. The van der Waals surface area contributed by atoms with Gasteiger partial charge in [-0.1, -0.05) is 55.5 Å². The number of rotatable bonds is 7. The minimum absolute atomic E-state index is 0.650. The average molecular weight is 204 g/mol. The molecule has 0 bridgehead atoms. The van der Waals surface area contributed by atoms with E-state index in [9.17, 15) is 0 Å². The van der Waals surface area contributed by atoms with E-state index in [1.54, 1.807) is 0 Å². The number of hydrogen-bond acceptors (Lipinski definition) is 0. The Morgan fingerprint density at radius 3 is 2.60 bits per heavy atom. The van der Waals surface area contributed by atoms with Gasteiger partial charge in [0.1, 0.15) is 0 Å². The predicted octanol–water partition coefficient (Wildman–Crippen LogP) is 5.06. The molecule has 0 heteroatoms. The van der Waals surface area contributed by atoms with Crippen LogP contribution in [0, 0.1) is 5.92 Å². The Morgan fingerprint density at radius 1 is 1.40 bits per heavy atom. The van der Waals surface area contributed by atoms with Crippen molar-refractivity contribution < 1.29 is 0 Å². The van der Waals surface area contributed by atoms with Crippen molar-refractivity contribution >= 4 is 0 Å². The smallest absolute Gasteiger partial charge is 0.0103 e. The highest BCUT2D eigenvalue weighted by atomic mass is 14.0. The van der Waals surface area contributed by atoms with Crippen LogP contribution >= 0.6 is 0 Å². The van der Waals surface area contributed by atoms with Gasteiger partial charge in [-0.25, -0.2) is 0 Å². The van der Waals surface area contributed by atoms with Gasteiger partial charge in [0.05, 0.1) is 0 Å². The Balaban J connectivity index is 3.78. The molecule has 0 aromatic rings. The van der Waals surface area contributed by atoms with Crippen LogP contribution in [0.2, 0.25) is 0 Å². The topological polar surface area (TPSA) is 0 Å². The Labute approximate surface area is 95.1 Å². The van der Waals surface area contributed by atoms with Gasteiger partial charge in [-0.2, -0.15) is 0 Å². The van der Waals surface area contributed by atoms with Crippen molar-refractivity contribution in [2.45, 2.75) is 40.0 Å². The highest BCUT2D eigenvalue weighted by Crippen LogP contribution is 2.13. The summed E-state index contributed by atoms with van der Waals surface area (Å²) in [4.78, 5) is 0. The molecule has 0 aliphatic carbocycles. The van der Waals surface area contributed by atoms with E-state index in [-0.39, 0.29) is 0 Å². The third-order valence-corrected chi connectivity index (χ3v) is 2.62. The van der Waals surface area contributed by atoms with Crippen LogP contribution in [0.4, 0.5) is 0 Å². The molecule has 0 spiro atoms. The van der Waals surface area contributed by atoms with Crippen molar-refractivity contribution in [1.29, 1.82) is 0 Å². The molecular formula is C15H24. The molecular weight excluding hydrogens is 180 g/mol. The van der Waals surface area contributed by atoms with Crippen LogP contribution in [0.3, 0.4) is 0 Å². The largest absolute Gasteiger partial charge is 0.0988 e. The van der Waals surface area contributed by atoms with Gasteiger partial charge in [0.25, 0.3) is 0 Å². The monoisotopic (exact) mass is 204 g/mol. The van der Waals surface area contributed by atoms with Gasteiger partial charge in [0.15, 0.2) is 0 Å². The highest BCUT2D eigenvalue weighted by Gasteiger charge is 1.97. The van der Waals surface area contributed by atoms with Crippen LogP contribution in [0.15, 0.2) is 48.6 Å². The van der Waals surface area contributed by atoms with Crippen molar-refractivity contribution in [2.75, 3.05) is 0 Å². The molecule has 0 radical (unpaired) electrons. The molecule has 0 heterocycles. The van der Waals surface area contributed by atoms with Crippen LogP contribution in [0.1, 0.15) is 40.0 Å². The molecule has 0 amide bonds. The summed E-state index contributed by atoms with van der Waals surface area (Å²) in [5, 5.41) is 0. The second kappa shape index (κ2) is 8.28. The summed E-state index contributed by atoms with van der Waals surface area (Å²) in [5.41, 5.74) is 2.56. The second-order valence-corrected chi connectivity index (χ2v) is 4.15. The Hall–Kier alpha value is -1.04. The quantitative estimate of drug-likeness (QED) is 0.402. The van der Waals surface area contributed by atoms with E-state index in [0.29, 0.717) is 5.92 Å². The molecule has 15 heavy (non-hydrogen) atoms. The molecule has 0 rings (SSSR count). The fraction of sp³-hybridized carbons (Fsp3) is 0.467. The van der Waals surface area contributed by atoms with Gasteiger partial charge < -0.3 is 0 Å². The third kappa shape index (κ3) is 7.99. The maximum Gasteiger partial charge on any atom is -0.0103 e. The lowest BCUT2D eigenvalue weighted by Gasteiger charge is -2.06. The van der Waals surface area contributed by atoms with E-state index < -0.39 is 0 Å². The van der Waals surface area contributed by atoms with E-state index in [0.717, 1.165) is 12.0 Å². The molecule has 0 N–H and O–H groups in total. The fourth-order valence-electron chi connectivity index (χ4n) is 1.23. The third-order valence-electron chi connectivity index (χ3n) is 2.62. The predicted molar refractivity (Wildman–Crippen MR) is 70.9 cm³/mol. The molecule has 0 aromatic heterocycles. The van der Waals surface area contributed by atoms with Gasteiger partial charge in [0, 0.05) is 0 Å². The van der Waals surface area contributed by atoms with Crippen LogP contribution in [0.25, 0.3) is 0 Å². The van der Waals surface area contributed by atoms with Gasteiger partial charge >= 0.3 is 0 Å². The molecule has 0 aromatic carbocycles. The van der Waals surface area contributed by atoms with Crippen molar-refractivity contribution in [3.63, 3.8) is 0 Å². The summed E-state index contributed by atoms with van der Waals surface area (Å²) in [6, 6.07) is 0. The van der Waals surface area contributed by atoms with E-state index >= 15 is 0 Å². The van der Waals surface area contributed by atoms with E-state index in [1.807, 2.05) is 6.08 Å². The van der Waals surface area contributed by atoms with Crippen LogP contribution in [-0.4, -0.2) is 0 Å². The molecule has 0 aliphatic heterocycles. The highest BCUT2D eigenvalue weighted by molar-refractivity contribution is 5.15. The fourth-order valence-corrected chi connectivity index (χ4v) is 1.23. The normalized spacial score (nSPS) is 14.2. The van der Waals surface area contributed by atoms with Crippen LogP contribution in [0.5, 0.6) is 0 Å². The zero-order valence-corrected chi connectivity index (χ0v) is 10.4. The van der Waals surface area contributed by atoms with Gasteiger partial charge in [-0.05, 0) is 39.0 Å². The summed E-state index contributed by atoms with van der Waals surface area (Å²) in [6.45, 7) is 14.1. The van der Waals surface area contributed by atoms with Gasteiger partial charge in [-0.3, -0.25) is 0 Å². The van der Waals surface area contributed by atoms with E-state index in [2.05, 4.69) is 52.2 Å². The minimum Gasteiger partial charge on any atom is -0.0988 e. The zero-order valence-electron chi connectivity index (χ0n) is 10.4. The van der Waals surface area contributed by atoms with Gasteiger partial charge in [-0.15, -0.1) is 0 Å². The first-order valence-electron chi connectivity index (χ1n) is 5.68. The molecule has 0 saturated heterocycles. The maximum atomic E-state index is 3.88. The van der Waals surface area contributed by atoms with Crippen molar-refractivity contribution in [2.24, 2.45) is 5.92 Å². The maximum absolute atomic E-state index is 3.88. The van der Waals surface area contributed by atoms with Crippen molar-refractivity contribution in [3.05, 3.63) is 48.6 Å². The van der Waals surface area contributed by atoms with Crippen molar-refractivity contribution in [1.82, 2.24) is 0 Å². The van der Waals surface area contributed by atoms with E-state index in [4.69, 9.17) is 0 Å². The lowest BCUT2D eigenvalue weighted by atomic mass is 10.0. The Morgan fingerprint density at radius 2 is 2.07 bits per heavy atom. The minimum atomic E-state index is 0.650. The molecule has 1 unspecified atom stereocenters.